The summed E-state index contributed by atoms with van der Waals surface area (Å²) in [5.74, 6) is -1.24. The van der Waals surface area contributed by atoms with Gasteiger partial charge >= 0.3 is 6.18 Å². The Morgan fingerprint density at radius 2 is 2.07 bits per heavy atom. The molecule has 0 bridgehead atoms. The van der Waals surface area contributed by atoms with E-state index in [0.29, 0.717) is 16.8 Å². The first-order chi connectivity index (χ1) is 6.33. The summed E-state index contributed by atoms with van der Waals surface area (Å²) in [6, 6.07) is 0. The van der Waals surface area contributed by atoms with Crippen LogP contribution in [-0.2, 0) is 4.74 Å². The van der Waals surface area contributed by atoms with E-state index in [1.165, 1.54) is 6.92 Å². The van der Waals surface area contributed by atoms with E-state index in [1.54, 1.807) is 0 Å². The number of hydrogen-bond donors (Lipinski definition) is 0. The van der Waals surface area contributed by atoms with Crippen LogP contribution in [0.25, 0.3) is 0 Å². The third-order valence-electron chi connectivity index (χ3n) is 2.85. The molecule has 1 nitrogen and oxygen atoms in total. The smallest absolute Gasteiger partial charge is 0.380 e. The molecule has 2 atom stereocenters. The molecule has 1 rings (SSSR count). The van der Waals surface area contributed by atoms with Crippen LogP contribution in [0.1, 0.15) is 32.6 Å². The molecule has 1 aliphatic rings. The van der Waals surface area contributed by atoms with E-state index in [2.05, 4.69) is 0 Å². The van der Waals surface area contributed by atoms with Crippen LogP contribution in [0.5, 0.6) is 0 Å². The van der Waals surface area contributed by atoms with Crippen molar-refractivity contribution in [1.82, 2.24) is 0 Å². The second-order valence-corrected chi connectivity index (χ2v) is 6.22. The summed E-state index contributed by atoms with van der Waals surface area (Å²) in [5.41, 5.74) is 0. The van der Waals surface area contributed by atoms with Crippen molar-refractivity contribution in [2.75, 3.05) is 6.61 Å². The third-order valence-corrected chi connectivity index (χ3v) is 4.04. The Morgan fingerprint density at radius 3 is 2.50 bits per heavy atom. The molecule has 1 heterocycles. The zero-order chi connectivity index (χ0) is 10.8. The maximum atomic E-state index is 12.3. The second kappa shape index (κ2) is 4.22. The van der Waals surface area contributed by atoms with Crippen LogP contribution in [0, 0.1) is 5.92 Å². The van der Waals surface area contributed by atoms with E-state index in [1.807, 2.05) is 0 Å². The molecular weight excluding hydrogens is 209 g/mol. The number of ether oxygens (including phenoxy) is 1. The van der Waals surface area contributed by atoms with Gasteiger partial charge in [-0.25, -0.2) is 0 Å². The van der Waals surface area contributed by atoms with Gasteiger partial charge in [0.15, 0.2) is 0 Å². The van der Waals surface area contributed by atoms with Gasteiger partial charge in [0.05, 0.1) is 5.92 Å². The molecular formula is C9H17F3OSi. The number of hydrogen-bond acceptors (Lipinski definition) is 1. The first-order valence-electron chi connectivity index (χ1n) is 5.04. The van der Waals surface area contributed by atoms with Crippen LogP contribution < -0.4 is 0 Å². The van der Waals surface area contributed by atoms with Gasteiger partial charge in [-0.15, -0.1) is 0 Å². The lowest BCUT2D eigenvalue weighted by molar-refractivity contribution is -0.183. The normalized spacial score (nSPS) is 31.7. The average Bonchev–Trinajstić information content (AvgIpc) is 2.02. The van der Waals surface area contributed by atoms with Crippen molar-refractivity contribution in [1.29, 1.82) is 0 Å². The standard InChI is InChI=1S/C9H17F3OSi/c1-7(9(10,11)12)6-8(14)4-2-3-5-13-8/h7H,2-6H2,1,14H3. The SMILES string of the molecule is CC(CC1([SiH3])CCCCO1)C(F)(F)F. The fraction of sp³-hybridized carbons (Fsp3) is 1.00. The molecule has 0 spiro atoms. The number of halogens is 3. The summed E-state index contributed by atoms with van der Waals surface area (Å²) in [6.07, 6.45) is -1.13. The predicted octanol–water partition coefficient (Wildman–Crippen LogP) is 1.84. The molecule has 0 aromatic carbocycles. The lowest BCUT2D eigenvalue weighted by Crippen LogP contribution is -2.41. The molecule has 0 saturated carbocycles. The Kier molecular flexibility index (Phi) is 3.63. The molecule has 2 unspecified atom stereocenters. The predicted molar refractivity (Wildman–Crippen MR) is 52.3 cm³/mol. The molecule has 1 fully saturated rings. The monoisotopic (exact) mass is 226 g/mol. The van der Waals surface area contributed by atoms with Gasteiger partial charge in [0, 0.05) is 22.1 Å². The Labute approximate surface area is 85.4 Å². The first-order valence-corrected chi connectivity index (χ1v) is 6.04. The van der Waals surface area contributed by atoms with Gasteiger partial charge < -0.3 is 4.74 Å². The van der Waals surface area contributed by atoms with Gasteiger partial charge in [0.1, 0.15) is 0 Å². The summed E-state index contributed by atoms with van der Waals surface area (Å²) < 4.78 is 42.5. The number of alkyl halides is 3. The van der Waals surface area contributed by atoms with E-state index in [0.717, 1.165) is 19.3 Å². The molecule has 5 heteroatoms. The summed E-state index contributed by atoms with van der Waals surface area (Å²) in [6.45, 7) is 1.88. The van der Waals surface area contributed by atoms with E-state index in [9.17, 15) is 13.2 Å². The minimum Gasteiger partial charge on any atom is -0.380 e. The maximum Gasteiger partial charge on any atom is 0.391 e. The minimum absolute atomic E-state index is 0.142. The highest BCUT2D eigenvalue weighted by Gasteiger charge is 2.41. The van der Waals surface area contributed by atoms with Crippen molar-refractivity contribution in [2.45, 2.75) is 44.0 Å². The molecule has 0 N–H and O–H groups in total. The van der Waals surface area contributed by atoms with Crippen molar-refractivity contribution in [2.24, 2.45) is 5.92 Å². The summed E-state index contributed by atoms with van der Waals surface area (Å²) in [4.78, 5) is 0. The molecule has 0 amide bonds. The molecule has 1 aliphatic heterocycles. The van der Waals surface area contributed by atoms with Gasteiger partial charge in [-0.05, 0) is 25.7 Å². The van der Waals surface area contributed by atoms with Crippen LogP contribution in [0.3, 0.4) is 0 Å². The van der Waals surface area contributed by atoms with Crippen molar-refractivity contribution >= 4 is 10.2 Å². The van der Waals surface area contributed by atoms with Gasteiger partial charge in [-0.1, -0.05) is 6.92 Å². The van der Waals surface area contributed by atoms with Crippen LogP contribution in [0.15, 0.2) is 0 Å². The lowest BCUT2D eigenvalue weighted by Gasteiger charge is -2.36. The fourth-order valence-electron chi connectivity index (χ4n) is 1.92. The largest absolute Gasteiger partial charge is 0.391 e. The highest BCUT2D eigenvalue weighted by molar-refractivity contribution is 6.14. The Balaban J connectivity index is 2.49. The van der Waals surface area contributed by atoms with Crippen molar-refractivity contribution in [3.8, 4) is 0 Å². The molecule has 0 radical (unpaired) electrons. The zero-order valence-electron chi connectivity index (χ0n) is 8.66. The van der Waals surface area contributed by atoms with Crippen LogP contribution in [0.2, 0.25) is 0 Å². The Morgan fingerprint density at radius 1 is 1.43 bits per heavy atom. The lowest BCUT2D eigenvalue weighted by atomic mass is 9.97. The van der Waals surface area contributed by atoms with Crippen molar-refractivity contribution in [3.63, 3.8) is 0 Å². The highest BCUT2D eigenvalue weighted by atomic mass is 28.1. The van der Waals surface area contributed by atoms with Gasteiger partial charge in [-0.3, -0.25) is 0 Å². The van der Waals surface area contributed by atoms with Gasteiger partial charge in [0.25, 0.3) is 0 Å². The Hall–Kier alpha value is -0.0331. The van der Waals surface area contributed by atoms with Crippen LogP contribution in [0.4, 0.5) is 13.2 Å². The minimum atomic E-state index is -4.07. The molecule has 84 valence electrons. The van der Waals surface area contributed by atoms with Crippen molar-refractivity contribution < 1.29 is 17.9 Å². The molecule has 14 heavy (non-hydrogen) atoms. The zero-order valence-corrected chi connectivity index (χ0v) is 10.7. The van der Waals surface area contributed by atoms with Crippen LogP contribution >= 0.6 is 0 Å². The average molecular weight is 226 g/mol. The van der Waals surface area contributed by atoms with E-state index in [-0.39, 0.29) is 6.42 Å². The van der Waals surface area contributed by atoms with E-state index in [4.69, 9.17) is 4.74 Å². The van der Waals surface area contributed by atoms with Crippen LogP contribution in [-0.4, -0.2) is 28.2 Å². The van der Waals surface area contributed by atoms with E-state index >= 15 is 0 Å². The Bertz CT molecular complexity index is 187. The van der Waals surface area contributed by atoms with Crippen molar-refractivity contribution in [3.05, 3.63) is 0 Å². The molecule has 0 aliphatic carbocycles. The molecule has 1 saturated heterocycles. The summed E-state index contributed by atoms with van der Waals surface area (Å²) >= 11 is 0. The molecule has 0 aromatic rings. The summed E-state index contributed by atoms with van der Waals surface area (Å²) in [5, 5.41) is -0.423. The van der Waals surface area contributed by atoms with Gasteiger partial charge in [-0.2, -0.15) is 13.2 Å². The fourth-order valence-corrected chi connectivity index (χ4v) is 3.09. The maximum absolute atomic E-state index is 12.3. The topological polar surface area (TPSA) is 9.23 Å². The van der Waals surface area contributed by atoms with E-state index < -0.39 is 17.3 Å². The quantitative estimate of drug-likeness (QED) is 0.653. The molecule has 0 aromatic heterocycles. The van der Waals surface area contributed by atoms with Gasteiger partial charge in [0.2, 0.25) is 0 Å². The number of rotatable bonds is 2. The second-order valence-electron chi connectivity index (χ2n) is 4.40. The summed E-state index contributed by atoms with van der Waals surface area (Å²) in [7, 11) is 0.689. The third kappa shape index (κ3) is 3.27. The first kappa shape index (κ1) is 12.0. The highest BCUT2D eigenvalue weighted by Crippen LogP contribution is 2.35.